The minimum Gasteiger partial charge on any atom is -0.360 e. The van der Waals surface area contributed by atoms with Crippen LogP contribution >= 0.6 is 27.7 Å². The van der Waals surface area contributed by atoms with E-state index in [4.69, 9.17) is 4.98 Å². The smallest absolute Gasteiger partial charge is 0.141 e. The van der Waals surface area contributed by atoms with E-state index in [-0.39, 0.29) is 0 Å². The highest BCUT2D eigenvalue weighted by Gasteiger charge is 2.17. The quantitative estimate of drug-likeness (QED) is 0.850. The van der Waals surface area contributed by atoms with E-state index in [0.29, 0.717) is 0 Å². The number of hydrogen-bond donors (Lipinski definition) is 1. The number of fused-ring (bicyclic) bond motifs is 1. The van der Waals surface area contributed by atoms with Gasteiger partial charge in [0.25, 0.3) is 0 Å². The first-order valence-electron chi connectivity index (χ1n) is 5.39. The number of hydrogen-bond acceptors (Lipinski definition) is 3. The zero-order valence-corrected chi connectivity index (χ0v) is 11.7. The molecule has 0 bridgehead atoms. The highest BCUT2D eigenvalue weighted by Crippen LogP contribution is 2.38. The Morgan fingerprint density at radius 2 is 2.18 bits per heavy atom. The summed E-state index contributed by atoms with van der Waals surface area (Å²) in [7, 11) is 0. The molecule has 0 atom stereocenters. The van der Waals surface area contributed by atoms with Gasteiger partial charge in [-0.1, -0.05) is 24.3 Å². The van der Waals surface area contributed by atoms with E-state index < -0.39 is 0 Å². The molecule has 2 heterocycles. The predicted molar refractivity (Wildman–Crippen MR) is 76.5 cm³/mol. The normalized spacial score (nSPS) is 13.3. The molecule has 0 spiro atoms. The van der Waals surface area contributed by atoms with Crippen molar-refractivity contribution in [2.75, 3.05) is 11.2 Å². The molecule has 0 fully saturated rings. The average molecular weight is 307 g/mol. The number of nitrogens with zero attached hydrogens (tertiary/aromatic N) is 1. The van der Waals surface area contributed by atoms with Crippen LogP contribution in [0.3, 0.4) is 0 Å². The van der Waals surface area contributed by atoms with Gasteiger partial charge >= 0.3 is 0 Å². The molecule has 3 rings (SSSR count). The third-order valence-electron chi connectivity index (χ3n) is 2.81. The third kappa shape index (κ3) is 1.96. The van der Waals surface area contributed by atoms with Gasteiger partial charge in [-0.15, -0.1) is 11.8 Å². The van der Waals surface area contributed by atoms with Crippen molar-refractivity contribution in [2.45, 2.75) is 11.8 Å². The summed E-state index contributed by atoms with van der Waals surface area (Å²) in [6, 6.07) is 10.5. The molecule has 2 aromatic rings. The molecule has 4 heteroatoms. The molecule has 0 unspecified atom stereocenters. The number of thioether (sulfide) groups is 1. The summed E-state index contributed by atoms with van der Waals surface area (Å²) in [6.07, 6.45) is 0. The lowest BCUT2D eigenvalue weighted by Gasteiger charge is -2.09. The highest BCUT2D eigenvalue weighted by atomic mass is 79.9. The number of halogens is 1. The molecule has 2 nitrogen and oxygen atoms in total. The number of pyridine rings is 1. The van der Waals surface area contributed by atoms with Crippen LogP contribution in [0.25, 0.3) is 11.3 Å². The third-order valence-corrected chi connectivity index (χ3v) is 4.32. The first-order valence-corrected chi connectivity index (χ1v) is 7.17. The molecule has 0 saturated carbocycles. The zero-order chi connectivity index (χ0) is 11.8. The van der Waals surface area contributed by atoms with Crippen LogP contribution in [0.4, 0.5) is 5.82 Å². The van der Waals surface area contributed by atoms with Crippen LogP contribution in [-0.4, -0.2) is 10.9 Å². The van der Waals surface area contributed by atoms with Crippen molar-refractivity contribution in [2.24, 2.45) is 0 Å². The number of nitrogens with one attached hydrogen (secondary N) is 1. The summed E-state index contributed by atoms with van der Waals surface area (Å²) in [5, 5.41) is 3.29. The predicted octanol–water partition coefficient (Wildman–Crippen LogP) is 4.29. The van der Waals surface area contributed by atoms with Crippen LogP contribution in [0, 0.1) is 6.92 Å². The van der Waals surface area contributed by atoms with Crippen molar-refractivity contribution >= 4 is 33.5 Å². The molecule has 1 aliphatic rings. The summed E-state index contributed by atoms with van der Waals surface area (Å²) in [6.45, 7) is 2.11. The first kappa shape index (κ1) is 11.1. The fraction of sp³-hybridized carbons (Fsp3) is 0.154. The van der Waals surface area contributed by atoms with E-state index >= 15 is 0 Å². The van der Waals surface area contributed by atoms with Gasteiger partial charge < -0.3 is 5.32 Å². The number of aryl methyl sites for hydroxylation is 1. The van der Waals surface area contributed by atoms with E-state index in [1.807, 2.05) is 12.1 Å². The van der Waals surface area contributed by atoms with Crippen molar-refractivity contribution in [1.82, 2.24) is 4.98 Å². The van der Waals surface area contributed by atoms with Crippen LogP contribution in [0.2, 0.25) is 0 Å². The molecule has 17 heavy (non-hydrogen) atoms. The van der Waals surface area contributed by atoms with Gasteiger partial charge in [0, 0.05) is 10.0 Å². The van der Waals surface area contributed by atoms with E-state index in [1.54, 1.807) is 11.8 Å². The highest BCUT2D eigenvalue weighted by molar-refractivity contribution is 9.10. The van der Waals surface area contributed by atoms with Gasteiger partial charge in [0.15, 0.2) is 0 Å². The molecule has 1 N–H and O–H groups in total. The maximum Gasteiger partial charge on any atom is 0.141 e. The second-order valence-corrected chi connectivity index (χ2v) is 5.82. The molecule has 0 saturated heterocycles. The fourth-order valence-corrected chi connectivity index (χ4v) is 3.42. The van der Waals surface area contributed by atoms with E-state index in [0.717, 1.165) is 21.9 Å². The monoisotopic (exact) mass is 306 g/mol. The molecule has 0 aliphatic carbocycles. The zero-order valence-electron chi connectivity index (χ0n) is 9.33. The SMILES string of the molecule is Cc1ccccc1-c1nc2c(cc1Br)SCN2. The van der Waals surface area contributed by atoms with Crippen molar-refractivity contribution in [3.8, 4) is 11.3 Å². The van der Waals surface area contributed by atoms with Gasteiger partial charge in [0.2, 0.25) is 0 Å². The summed E-state index contributed by atoms with van der Waals surface area (Å²) in [5.41, 5.74) is 3.43. The van der Waals surface area contributed by atoms with Gasteiger partial charge in [0.05, 0.1) is 16.5 Å². The topological polar surface area (TPSA) is 24.9 Å². The van der Waals surface area contributed by atoms with Crippen molar-refractivity contribution in [3.05, 3.63) is 40.4 Å². The van der Waals surface area contributed by atoms with Crippen molar-refractivity contribution < 1.29 is 0 Å². The van der Waals surface area contributed by atoms with Crippen LogP contribution in [-0.2, 0) is 0 Å². The number of benzene rings is 1. The Bertz CT molecular complexity index is 584. The number of anilines is 1. The van der Waals surface area contributed by atoms with Crippen LogP contribution < -0.4 is 5.32 Å². The minimum absolute atomic E-state index is 0.909. The van der Waals surface area contributed by atoms with Crippen LogP contribution in [0.15, 0.2) is 39.7 Å². The van der Waals surface area contributed by atoms with Gasteiger partial charge in [-0.3, -0.25) is 0 Å². The van der Waals surface area contributed by atoms with Gasteiger partial charge in [-0.05, 0) is 34.5 Å². The molecular formula is C13H11BrN2S. The Labute approximate surface area is 113 Å². The molecular weight excluding hydrogens is 296 g/mol. The molecule has 0 radical (unpaired) electrons. The summed E-state index contributed by atoms with van der Waals surface area (Å²) in [4.78, 5) is 5.92. The second kappa shape index (κ2) is 4.35. The van der Waals surface area contributed by atoms with E-state index in [2.05, 4.69) is 46.4 Å². The lowest BCUT2D eigenvalue weighted by molar-refractivity contribution is 1.21. The van der Waals surface area contributed by atoms with Crippen molar-refractivity contribution in [3.63, 3.8) is 0 Å². The maximum absolute atomic E-state index is 4.71. The van der Waals surface area contributed by atoms with Crippen LogP contribution in [0.5, 0.6) is 0 Å². The van der Waals surface area contributed by atoms with Gasteiger partial charge in [0.1, 0.15) is 5.82 Å². The lowest BCUT2D eigenvalue weighted by Crippen LogP contribution is -1.95. The molecule has 1 aromatic heterocycles. The molecule has 1 aromatic carbocycles. The summed E-state index contributed by atoms with van der Waals surface area (Å²) in [5.74, 6) is 1.91. The Morgan fingerprint density at radius 3 is 3.00 bits per heavy atom. The maximum atomic E-state index is 4.71. The Kier molecular flexibility index (Phi) is 2.84. The number of rotatable bonds is 1. The largest absolute Gasteiger partial charge is 0.360 e. The molecule has 86 valence electrons. The van der Waals surface area contributed by atoms with Gasteiger partial charge in [-0.25, -0.2) is 4.98 Å². The standard InChI is InChI=1S/C13H11BrN2S/c1-8-4-2-3-5-9(8)12-10(14)6-11-13(16-12)15-7-17-11/h2-6H,7H2,1H3,(H,15,16). The molecule has 0 amide bonds. The summed E-state index contributed by atoms with van der Waals surface area (Å²) >= 11 is 5.40. The number of aromatic nitrogens is 1. The minimum atomic E-state index is 0.909. The van der Waals surface area contributed by atoms with Crippen molar-refractivity contribution in [1.29, 1.82) is 0 Å². The second-order valence-electron chi connectivity index (χ2n) is 3.95. The van der Waals surface area contributed by atoms with E-state index in [9.17, 15) is 0 Å². The van der Waals surface area contributed by atoms with Gasteiger partial charge in [-0.2, -0.15) is 0 Å². The Hall–Kier alpha value is -1.00. The summed E-state index contributed by atoms with van der Waals surface area (Å²) < 4.78 is 1.06. The Morgan fingerprint density at radius 1 is 1.35 bits per heavy atom. The molecule has 1 aliphatic heterocycles. The van der Waals surface area contributed by atoms with Crippen LogP contribution in [0.1, 0.15) is 5.56 Å². The van der Waals surface area contributed by atoms with E-state index in [1.165, 1.54) is 16.0 Å². The first-order chi connectivity index (χ1) is 8.25. The lowest BCUT2D eigenvalue weighted by atomic mass is 10.1. The Balaban J connectivity index is 2.19. The average Bonchev–Trinajstić information content (AvgIpc) is 2.76. The fourth-order valence-electron chi connectivity index (χ4n) is 1.92.